The first-order chi connectivity index (χ1) is 10.3. The molecule has 0 atom stereocenters. The Hall–Kier alpha value is -2.05. The van der Waals surface area contributed by atoms with Crippen molar-refractivity contribution >= 4 is 28.9 Å². The minimum absolute atomic E-state index is 0.266. The summed E-state index contributed by atoms with van der Waals surface area (Å²) in [7, 11) is 1.70. The highest BCUT2D eigenvalue weighted by molar-refractivity contribution is 7.08. The molecule has 0 radical (unpaired) electrons. The highest BCUT2D eigenvalue weighted by Crippen LogP contribution is 2.23. The fourth-order valence-corrected chi connectivity index (χ4v) is 3.30. The molecule has 2 aromatic heterocycles. The van der Waals surface area contributed by atoms with Crippen molar-refractivity contribution in [3.63, 3.8) is 0 Å². The summed E-state index contributed by atoms with van der Waals surface area (Å²) in [6, 6.07) is 8.66. The van der Waals surface area contributed by atoms with Crippen LogP contribution in [0.5, 0.6) is 0 Å². The number of nitrogens with zero attached hydrogens (tertiary/aromatic N) is 3. The fourth-order valence-electron chi connectivity index (χ4n) is 1.89. The van der Waals surface area contributed by atoms with Crippen LogP contribution < -0.4 is 4.80 Å². The highest BCUT2D eigenvalue weighted by Gasteiger charge is 2.10. The van der Waals surface area contributed by atoms with Crippen molar-refractivity contribution in [1.29, 1.82) is 0 Å². The first-order valence-corrected chi connectivity index (χ1v) is 8.06. The van der Waals surface area contributed by atoms with E-state index in [1.807, 2.05) is 28.3 Å². The smallest absolute Gasteiger partial charge is 0.205 e. The molecular formula is C15H12FN3S2. The number of hydrogen-bond donors (Lipinski definition) is 0. The van der Waals surface area contributed by atoms with Crippen molar-refractivity contribution in [1.82, 2.24) is 4.68 Å². The Morgan fingerprint density at radius 3 is 2.76 bits per heavy atom. The van der Waals surface area contributed by atoms with Crippen molar-refractivity contribution in [2.24, 2.45) is 10.1 Å². The molecule has 21 heavy (non-hydrogen) atoms. The molecule has 0 unspecified atom stereocenters. The predicted octanol–water partition coefficient (Wildman–Crippen LogP) is 3.83. The molecule has 0 fully saturated rings. The van der Waals surface area contributed by atoms with Gasteiger partial charge in [0.25, 0.3) is 0 Å². The fraction of sp³-hybridized carbons (Fsp3) is 0.0667. The third-order valence-corrected chi connectivity index (χ3v) is 4.50. The van der Waals surface area contributed by atoms with Gasteiger partial charge in [0.1, 0.15) is 5.82 Å². The van der Waals surface area contributed by atoms with Crippen LogP contribution in [0.2, 0.25) is 0 Å². The van der Waals surface area contributed by atoms with E-state index in [-0.39, 0.29) is 5.82 Å². The van der Waals surface area contributed by atoms with Gasteiger partial charge >= 0.3 is 0 Å². The van der Waals surface area contributed by atoms with Gasteiger partial charge in [-0.25, -0.2) is 9.07 Å². The summed E-state index contributed by atoms with van der Waals surface area (Å²) >= 11 is 3.04. The summed E-state index contributed by atoms with van der Waals surface area (Å²) in [6.45, 7) is 0. The number of thiazole rings is 1. The molecule has 6 heteroatoms. The molecule has 0 N–H and O–H groups in total. The van der Waals surface area contributed by atoms with Crippen LogP contribution in [-0.2, 0) is 0 Å². The summed E-state index contributed by atoms with van der Waals surface area (Å²) in [5, 5.41) is 10.3. The lowest BCUT2D eigenvalue weighted by molar-refractivity contribution is 0.629. The summed E-state index contributed by atoms with van der Waals surface area (Å²) < 4.78 is 15.7. The van der Waals surface area contributed by atoms with Crippen molar-refractivity contribution < 1.29 is 4.39 Å². The molecule has 0 spiro atoms. The summed E-state index contributed by atoms with van der Waals surface area (Å²) in [5.74, 6) is -0.266. The lowest BCUT2D eigenvalue weighted by atomic mass is 10.1. The van der Waals surface area contributed by atoms with Crippen molar-refractivity contribution in [3.05, 3.63) is 62.7 Å². The maximum Gasteiger partial charge on any atom is 0.205 e. The monoisotopic (exact) mass is 317 g/mol. The second-order valence-corrected chi connectivity index (χ2v) is 5.84. The zero-order valence-corrected chi connectivity index (χ0v) is 12.9. The van der Waals surface area contributed by atoms with Gasteiger partial charge in [-0.05, 0) is 29.0 Å². The van der Waals surface area contributed by atoms with Crippen LogP contribution in [0.3, 0.4) is 0 Å². The maximum absolute atomic E-state index is 14.0. The van der Waals surface area contributed by atoms with Gasteiger partial charge in [-0.1, -0.05) is 12.1 Å². The summed E-state index contributed by atoms with van der Waals surface area (Å²) in [5.41, 5.74) is 2.23. The minimum Gasteiger partial charge on any atom is -0.261 e. The van der Waals surface area contributed by atoms with E-state index in [2.05, 4.69) is 10.1 Å². The quantitative estimate of drug-likeness (QED) is 0.657. The van der Waals surface area contributed by atoms with Crippen LogP contribution in [0.4, 0.5) is 4.39 Å². The zero-order valence-electron chi connectivity index (χ0n) is 11.2. The maximum atomic E-state index is 14.0. The Kier molecular flexibility index (Phi) is 4.08. The number of hydrogen-bond acceptors (Lipinski definition) is 4. The van der Waals surface area contributed by atoms with Gasteiger partial charge < -0.3 is 0 Å². The Morgan fingerprint density at radius 1 is 1.19 bits per heavy atom. The number of thiophene rings is 1. The Balaban J connectivity index is 2.11. The van der Waals surface area contributed by atoms with Crippen molar-refractivity contribution in [3.8, 4) is 11.3 Å². The predicted molar refractivity (Wildman–Crippen MR) is 86.5 cm³/mol. The molecule has 1 aromatic carbocycles. The first kappa shape index (κ1) is 13.9. The van der Waals surface area contributed by atoms with Gasteiger partial charge in [0.15, 0.2) is 0 Å². The molecule has 2 heterocycles. The van der Waals surface area contributed by atoms with Crippen LogP contribution in [-0.4, -0.2) is 17.9 Å². The second-order valence-electron chi connectivity index (χ2n) is 4.22. The molecule has 3 aromatic rings. The topological polar surface area (TPSA) is 29.6 Å². The second kappa shape index (κ2) is 6.15. The number of benzene rings is 1. The molecule has 0 aliphatic rings. The lowest BCUT2D eigenvalue weighted by Gasteiger charge is -2.04. The van der Waals surface area contributed by atoms with E-state index >= 15 is 0 Å². The minimum atomic E-state index is -0.266. The summed E-state index contributed by atoms with van der Waals surface area (Å²) in [4.78, 5) is 4.92. The summed E-state index contributed by atoms with van der Waals surface area (Å²) in [6.07, 6.45) is 1.75. The average molecular weight is 317 g/mol. The molecule has 0 bridgehead atoms. The van der Waals surface area contributed by atoms with Gasteiger partial charge in [0, 0.05) is 23.6 Å². The molecule has 0 saturated heterocycles. The zero-order chi connectivity index (χ0) is 14.7. The lowest BCUT2D eigenvalue weighted by Crippen LogP contribution is -2.11. The van der Waals surface area contributed by atoms with Gasteiger partial charge in [-0.2, -0.15) is 16.4 Å². The Labute approximate surface area is 129 Å². The molecule has 0 saturated carbocycles. The van der Waals surface area contributed by atoms with Gasteiger partial charge in [0.2, 0.25) is 4.80 Å². The van der Waals surface area contributed by atoms with Crippen LogP contribution >= 0.6 is 22.7 Å². The van der Waals surface area contributed by atoms with Gasteiger partial charge in [0.05, 0.1) is 11.9 Å². The van der Waals surface area contributed by atoms with E-state index in [1.165, 1.54) is 17.4 Å². The Bertz CT molecular complexity index is 829. The van der Waals surface area contributed by atoms with Crippen LogP contribution in [0, 0.1) is 5.82 Å². The third-order valence-electron chi connectivity index (χ3n) is 2.89. The molecule has 0 aliphatic heterocycles. The van der Waals surface area contributed by atoms with Crippen molar-refractivity contribution in [2.45, 2.75) is 0 Å². The molecule has 3 nitrogen and oxygen atoms in total. The third kappa shape index (κ3) is 2.86. The van der Waals surface area contributed by atoms with Crippen molar-refractivity contribution in [2.75, 3.05) is 7.05 Å². The van der Waals surface area contributed by atoms with Crippen LogP contribution in [0.1, 0.15) is 5.56 Å². The molecule has 0 amide bonds. The number of halogens is 1. The van der Waals surface area contributed by atoms with Gasteiger partial charge in [-0.15, -0.1) is 11.3 Å². The van der Waals surface area contributed by atoms with Crippen LogP contribution in [0.25, 0.3) is 11.3 Å². The van der Waals surface area contributed by atoms with E-state index in [0.29, 0.717) is 11.3 Å². The van der Waals surface area contributed by atoms with E-state index in [4.69, 9.17) is 0 Å². The van der Waals surface area contributed by atoms with E-state index < -0.39 is 0 Å². The van der Waals surface area contributed by atoms with E-state index in [1.54, 1.807) is 41.4 Å². The largest absolute Gasteiger partial charge is 0.261 e. The number of rotatable bonds is 3. The van der Waals surface area contributed by atoms with E-state index in [9.17, 15) is 4.39 Å². The first-order valence-electron chi connectivity index (χ1n) is 6.24. The number of aromatic nitrogens is 1. The highest BCUT2D eigenvalue weighted by atomic mass is 32.1. The van der Waals surface area contributed by atoms with Gasteiger partial charge in [-0.3, -0.25) is 4.99 Å². The van der Waals surface area contributed by atoms with E-state index in [0.717, 1.165) is 10.4 Å². The molecular weight excluding hydrogens is 305 g/mol. The SMILES string of the molecule is CN=c1scc(-c2ccccc2F)n1N=Cc1ccsc1. The normalized spacial score (nSPS) is 12.4. The standard InChI is InChI=1S/C15H12FN3S2/c1-17-15-19(18-8-11-6-7-20-9-11)14(10-21-15)12-4-2-3-5-13(12)16/h2-10H,1H3. The van der Waals surface area contributed by atoms with Crippen LogP contribution in [0.15, 0.2) is 56.6 Å². The molecule has 106 valence electrons. The molecule has 0 aliphatic carbocycles. The molecule has 3 rings (SSSR count). The average Bonchev–Trinajstić information content (AvgIpc) is 3.14. The Morgan fingerprint density at radius 2 is 2.05 bits per heavy atom.